The highest BCUT2D eigenvalue weighted by Crippen LogP contribution is 2.35. The minimum absolute atomic E-state index is 0.445. The van der Waals surface area contributed by atoms with Crippen molar-refractivity contribution in [2.75, 3.05) is 0 Å². The van der Waals surface area contributed by atoms with Gasteiger partial charge in [0.2, 0.25) is 9.84 Å². The third-order valence-corrected chi connectivity index (χ3v) is 3.95. The zero-order valence-electron chi connectivity index (χ0n) is 8.77. The molecule has 2 aromatic rings. The summed E-state index contributed by atoms with van der Waals surface area (Å²) in [5, 5.41) is 5.22. The predicted molar refractivity (Wildman–Crippen MR) is 55.5 cm³/mol. The Kier molecular flexibility index (Phi) is 2.89. The second-order valence-electron chi connectivity index (χ2n) is 3.41. The van der Waals surface area contributed by atoms with Crippen LogP contribution in [0.3, 0.4) is 0 Å². The number of halogens is 3. The van der Waals surface area contributed by atoms with Crippen molar-refractivity contribution in [1.82, 2.24) is 10.2 Å². The average Bonchev–Trinajstić information content (AvgIpc) is 2.82. The summed E-state index contributed by atoms with van der Waals surface area (Å²) in [6, 6.07) is 5.09. The first-order valence-electron chi connectivity index (χ1n) is 4.74. The van der Waals surface area contributed by atoms with E-state index in [4.69, 9.17) is 0 Å². The second kappa shape index (κ2) is 4.13. The molecular formula is C10H7F3N2O2S. The molecule has 96 valence electrons. The van der Waals surface area contributed by atoms with Gasteiger partial charge >= 0.3 is 6.18 Å². The van der Waals surface area contributed by atoms with Crippen LogP contribution in [0.25, 0.3) is 0 Å². The summed E-state index contributed by atoms with van der Waals surface area (Å²) in [6.45, 7) is 0. The molecule has 0 amide bonds. The van der Waals surface area contributed by atoms with E-state index in [-0.39, 0.29) is 0 Å². The zero-order chi connectivity index (χ0) is 13.4. The Balaban J connectivity index is 2.67. The number of hydrogen-bond acceptors (Lipinski definition) is 3. The van der Waals surface area contributed by atoms with Crippen molar-refractivity contribution < 1.29 is 21.6 Å². The molecule has 1 aromatic heterocycles. The van der Waals surface area contributed by atoms with E-state index in [0.717, 1.165) is 24.3 Å². The number of sulfone groups is 1. The van der Waals surface area contributed by atoms with Gasteiger partial charge in [-0.05, 0) is 18.2 Å². The number of hydrogen-bond donors (Lipinski definition) is 1. The van der Waals surface area contributed by atoms with E-state index in [1.807, 2.05) is 0 Å². The topological polar surface area (TPSA) is 62.8 Å². The van der Waals surface area contributed by atoms with Crippen molar-refractivity contribution in [2.45, 2.75) is 16.1 Å². The molecule has 0 unspecified atom stereocenters. The third-order valence-electron chi connectivity index (χ3n) is 2.23. The van der Waals surface area contributed by atoms with Gasteiger partial charge in [-0.25, -0.2) is 8.42 Å². The highest BCUT2D eigenvalue weighted by Gasteiger charge is 2.37. The number of alkyl halides is 3. The average molecular weight is 276 g/mol. The molecule has 0 spiro atoms. The van der Waals surface area contributed by atoms with Gasteiger partial charge in [0.25, 0.3) is 0 Å². The molecule has 0 saturated heterocycles. The van der Waals surface area contributed by atoms with E-state index in [2.05, 4.69) is 10.2 Å². The van der Waals surface area contributed by atoms with Gasteiger partial charge in [0.15, 0.2) is 5.03 Å². The maximum absolute atomic E-state index is 12.7. The zero-order valence-corrected chi connectivity index (χ0v) is 9.59. The van der Waals surface area contributed by atoms with Crippen molar-refractivity contribution >= 4 is 9.84 Å². The molecule has 8 heteroatoms. The monoisotopic (exact) mass is 276 g/mol. The van der Waals surface area contributed by atoms with Crippen molar-refractivity contribution in [1.29, 1.82) is 0 Å². The highest BCUT2D eigenvalue weighted by molar-refractivity contribution is 7.91. The Hall–Kier alpha value is -1.83. The van der Waals surface area contributed by atoms with Gasteiger partial charge in [-0.1, -0.05) is 12.1 Å². The van der Waals surface area contributed by atoms with E-state index >= 15 is 0 Å². The maximum atomic E-state index is 12.7. The van der Waals surface area contributed by atoms with Crippen molar-refractivity contribution in [2.24, 2.45) is 0 Å². The molecule has 1 heterocycles. The number of rotatable bonds is 2. The summed E-state index contributed by atoms with van der Waals surface area (Å²) in [5.74, 6) is 0. The number of benzene rings is 1. The lowest BCUT2D eigenvalue weighted by Crippen LogP contribution is -2.13. The van der Waals surface area contributed by atoms with Crippen LogP contribution >= 0.6 is 0 Å². The van der Waals surface area contributed by atoms with E-state index in [1.165, 1.54) is 12.3 Å². The van der Waals surface area contributed by atoms with Crippen LogP contribution in [0.4, 0.5) is 13.2 Å². The Labute approximate surface area is 100 Å². The van der Waals surface area contributed by atoms with Gasteiger partial charge in [-0.3, -0.25) is 5.10 Å². The quantitative estimate of drug-likeness (QED) is 0.915. The van der Waals surface area contributed by atoms with Gasteiger partial charge in [-0.2, -0.15) is 18.3 Å². The van der Waals surface area contributed by atoms with Crippen LogP contribution < -0.4 is 0 Å². The van der Waals surface area contributed by atoms with E-state index < -0.39 is 31.5 Å². The number of H-pyrrole nitrogens is 1. The highest BCUT2D eigenvalue weighted by atomic mass is 32.2. The normalized spacial score (nSPS) is 12.6. The second-order valence-corrected chi connectivity index (χ2v) is 5.27. The van der Waals surface area contributed by atoms with Crippen LogP contribution in [-0.4, -0.2) is 18.6 Å². The molecule has 4 nitrogen and oxygen atoms in total. The SMILES string of the molecule is O=S(=O)(c1cc[nH]n1)c1ccccc1C(F)(F)F. The van der Waals surface area contributed by atoms with Gasteiger partial charge in [0.05, 0.1) is 10.5 Å². The summed E-state index contributed by atoms with van der Waals surface area (Å²) in [6.07, 6.45) is -3.51. The van der Waals surface area contributed by atoms with Crippen molar-refractivity contribution in [3.05, 3.63) is 42.1 Å². The fraction of sp³-hybridized carbons (Fsp3) is 0.100. The lowest BCUT2D eigenvalue weighted by atomic mass is 10.2. The summed E-state index contributed by atoms with van der Waals surface area (Å²) < 4.78 is 62.1. The lowest BCUT2D eigenvalue weighted by Gasteiger charge is -2.11. The van der Waals surface area contributed by atoms with Gasteiger partial charge in [-0.15, -0.1) is 0 Å². The van der Waals surface area contributed by atoms with Crippen molar-refractivity contribution in [3.8, 4) is 0 Å². The molecule has 2 rings (SSSR count). The molecule has 0 bridgehead atoms. The number of aromatic amines is 1. The number of nitrogens with zero attached hydrogens (tertiary/aromatic N) is 1. The molecular weight excluding hydrogens is 269 g/mol. The van der Waals surface area contributed by atoms with E-state index in [9.17, 15) is 21.6 Å². The van der Waals surface area contributed by atoms with Crippen LogP contribution in [0.5, 0.6) is 0 Å². The Morgan fingerprint density at radius 3 is 2.33 bits per heavy atom. The van der Waals surface area contributed by atoms with Crippen LogP contribution in [0, 0.1) is 0 Å². The predicted octanol–water partition coefficient (Wildman–Crippen LogP) is 2.26. The summed E-state index contributed by atoms with van der Waals surface area (Å²) in [7, 11) is -4.27. The molecule has 0 fully saturated rings. The van der Waals surface area contributed by atoms with Crippen LogP contribution in [-0.2, 0) is 16.0 Å². The molecule has 0 aliphatic rings. The maximum Gasteiger partial charge on any atom is 0.417 e. The molecule has 0 saturated carbocycles. The number of aromatic nitrogens is 2. The summed E-state index contributed by atoms with van der Waals surface area (Å²) in [4.78, 5) is -0.801. The summed E-state index contributed by atoms with van der Waals surface area (Å²) >= 11 is 0. The molecule has 0 atom stereocenters. The molecule has 1 N–H and O–H groups in total. The van der Waals surface area contributed by atoms with E-state index in [1.54, 1.807) is 0 Å². The Bertz CT molecular complexity index is 648. The van der Waals surface area contributed by atoms with Crippen molar-refractivity contribution in [3.63, 3.8) is 0 Å². The third kappa shape index (κ3) is 2.10. The minimum atomic E-state index is -4.74. The standard InChI is InChI=1S/C10H7F3N2O2S/c11-10(12,13)7-3-1-2-4-8(7)18(16,17)9-5-6-14-15-9/h1-6H,(H,14,15). The smallest absolute Gasteiger partial charge is 0.284 e. The first-order chi connectivity index (χ1) is 8.33. The van der Waals surface area contributed by atoms with Crippen LogP contribution in [0.1, 0.15) is 5.56 Å². The van der Waals surface area contributed by atoms with Gasteiger partial charge in [0, 0.05) is 6.20 Å². The van der Waals surface area contributed by atoms with Gasteiger partial charge in [0.1, 0.15) is 0 Å². The lowest BCUT2D eigenvalue weighted by molar-refractivity contribution is -0.139. The molecule has 0 aliphatic heterocycles. The molecule has 1 aromatic carbocycles. The summed E-state index contributed by atoms with van der Waals surface area (Å²) in [5.41, 5.74) is -1.20. The van der Waals surface area contributed by atoms with Crippen LogP contribution in [0.15, 0.2) is 46.5 Å². The molecule has 0 radical (unpaired) electrons. The largest absolute Gasteiger partial charge is 0.417 e. The Morgan fingerprint density at radius 2 is 1.78 bits per heavy atom. The fourth-order valence-electron chi connectivity index (χ4n) is 1.44. The minimum Gasteiger partial charge on any atom is -0.284 e. The molecule has 18 heavy (non-hydrogen) atoms. The first-order valence-corrected chi connectivity index (χ1v) is 6.23. The van der Waals surface area contributed by atoms with E-state index in [0.29, 0.717) is 0 Å². The number of nitrogens with one attached hydrogen (secondary N) is 1. The Morgan fingerprint density at radius 1 is 1.11 bits per heavy atom. The first kappa shape index (κ1) is 12.6. The van der Waals surface area contributed by atoms with Gasteiger partial charge < -0.3 is 0 Å². The fourth-order valence-corrected chi connectivity index (χ4v) is 2.82. The van der Waals surface area contributed by atoms with Crippen LogP contribution in [0.2, 0.25) is 0 Å². The molecule has 0 aliphatic carbocycles.